The van der Waals surface area contributed by atoms with Gasteiger partial charge in [-0.25, -0.2) is 17.6 Å². The molecule has 0 saturated carbocycles. The molecule has 42 heavy (non-hydrogen) atoms. The fourth-order valence-corrected chi connectivity index (χ4v) is 5.98. The lowest BCUT2D eigenvalue weighted by atomic mass is 10.0. The average Bonchev–Trinajstić information content (AvgIpc) is 3.27. The summed E-state index contributed by atoms with van der Waals surface area (Å²) in [7, 11) is 0. The van der Waals surface area contributed by atoms with Crippen LogP contribution >= 0.6 is 24.0 Å². The summed E-state index contributed by atoms with van der Waals surface area (Å²) in [6.07, 6.45) is 16.2. The highest BCUT2D eigenvalue weighted by Crippen LogP contribution is 2.42. The Morgan fingerprint density at radius 1 is 0.786 bits per heavy atom. The molecule has 2 amide bonds. The number of rotatable bonds is 17. The number of halogens is 4. The number of aromatic hydroxyl groups is 1. The van der Waals surface area contributed by atoms with Gasteiger partial charge in [-0.05, 0) is 24.6 Å². The van der Waals surface area contributed by atoms with Crippen molar-refractivity contribution >= 4 is 56.6 Å². The SMILES string of the molecule is CCCCCCCCCCCCCCCC(=O)Nc1ccc2c(O)c(NC(=O)c3c(F)c(F)c(S)c(F)c3F)sc2c1. The molecular formula is C31H38F4N2O3S2. The minimum absolute atomic E-state index is 0.144. The molecule has 0 saturated heterocycles. The largest absolute Gasteiger partial charge is 0.504 e. The number of fused-ring (bicyclic) bond motifs is 1. The number of thiophene rings is 1. The average molecular weight is 627 g/mol. The zero-order valence-electron chi connectivity index (χ0n) is 23.8. The predicted molar refractivity (Wildman–Crippen MR) is 164 cm³/mol. The lowest BCUT2D eigenvalue weighted by Crippen LogP contribution is -2.18. The van der Waals surface area contributed by atoms with Gasteiger partial charge >= 0.3 is 0 Å². The zero-order valence-corrected chi connectivity index (χ0v) is 25.5. The van der Waals surface area contributed by atoms with Crippen LogP contribution in [0.5, 0.6) is 5.75 Å². The van der Waals surface area contributed by atoms with Gasteiger partial charge in [-0.15, -0.1) is 24.0 Å². The molecule has 0 fully saturated rings. The summed E-state index contributed by atoms with van der Waals surface area (Å²) in [5.74, 6) is -9.42. The minimum atomic E-state index is -1.90. The Morgan fingerprint density at radius 3 is 1.86 bits per heavy atom. The number of amides is 2. The molecule has 11 heteroatoms. The van der Waals surface area contributed by atoms with Crippen molar-refractivity contribution in [2.75, 3.05) is 10.6 Å². The van der Waals surface area contributed by atoms with Gasteiger partial charge in [0, 0.05) is 22.2 Å². The van der Waals surface area contributed by atoms with Crippen molar-refractivity contribution in [2.45, 2.75) is 102 Å². The van der Waals surface area contributed by atoms with Crippen LogP contribution in [-0.2, 0) is 4.79 Å². The number of thiol groups is 1. The van der Waals surface area contributed by atoms with E-state index >= 15 is 0 Å². The Labute approximate surface area is 253 Å². The molecule has 2 aromatic carbocycles. The summed E-state index contributed by atoms with van der Waals surface area (Å²) in [5.41, 5.74) is -0.993. The van der Waals surface area contributed by atoms with Crippen molar-refractivity contribution in [2.24, 2.45) is 0 Å². The summed E-state index contributed by atoms with van der Waals surface area (Å²) in [4.78, 5) is 23.7. The quantitative estimate of drug-likeness (QED) is 0.0521. The first-order valence-corrected chi connectivity index (χ1v) is 15.8. The zero-order chi connectivity index (χ0) is 30.6. The van der Waals surface area contributed by atoms with Crippen molar-refractivity contribution in [1.82, 2.24) is 0 Å². The monoisotopic (exact) mass is 626 g/mol. The van der Waals surface area contributed by atoms with Crippen LogP contribution in [0.25, 0.3) is 10.1 Å². The molecule has 0 bridgehead atoms. The number of hydrogen-bond donors (Lipinski definition) is 4. The molecule has 0 aliphatic heterocycles. The number of unbranched alkanes of at least 4 members (excludes halogenated alkanes) is 12. The number of benzene rings is 2. The topological polar surface area (TPSA) is 78.4 Å². The molecule has 0 aliphatic carbocycles. The van der Waals surface area contributed by atoms with Gasteiger partial charge in [0.15, 0.2) is 29.0 Å². The third-order valence-electron chi connectivity index (χ3n) is 7.15. The Morgan fingerprint density at radius 2 is 1.31 bits per heavy atom. The maximum atomic E-state index is 14.2. The molecule has 5 nitrogen and oxygen atoms in total. The molecule has 0 atom stereocenters. The molecule has 0 spiro atoms. The second-order valence-corrected chi connectivity index (χ2v) is 12.0. The summed E-state index contributed by atoms with van der Waals surface area (Å²) in [6, 6.07) is 4.69. The second-order valence-electron chi connectivity index (χ2n) is 10.5. The van der Waals surface area contributed by atoms with E-state index in [1.807, 2.05) is 0 Å². The highest BCUT2D eigenvalue weighted by Gasteiger charge is 2.29. The number of carbonyl (C=O) groups is 2. The van der Waals surface area contributed by atoms with Gasteiger partial charge < -0.3 is 15.7 Å². The van der Waals surface area contributed by atoms with Crippen LogP contribution in [-0.4, -0.2) is 16.9 Å². The number of carbonyl (C=O) groups excluding carboxylic acids is 2. The summed E-state index contributed by atoms with van der Waals surface area (Å²) >= 11 is 4.24. The Kier molecular flexibility index (Phi) is 13.4. The van der Waals surface area contributed by atoms with Crippen molar-refractivity contribution in [3.8, 4) is 5.75 Å². The fourth-order valence-electron chi connectivity index (χ4n) is 4.76. The smallest absolute Gasteiger partial charge is 0.262 e. The van der Waals surface area contributed by atoms with E-state index in [-0.39, 0.29) is 16.7 Å². The molecule has 0 unspecified atom stereocenters. The highest BCUT2D eigenvalue weighted by molar-refractivity contribution is 7.80. The van der Waals surface area contributed by atoms with Gasteiger partial charge in [0.05, 0.1) is 4.90 Å². The van der Waals surface area contributed by atoms with E-state index in [4.69, 9.17) is 0 Å². The van der Waals surface area contributed by atoms with Crippen molar-refractivity contribution in [3.63, 3.8) is 0 Å². The van der Waals surface area contributed by atoms with Crippen LogP contribution in [0.1, 0.15) is 107 Å². The first-order chi connectivity index (χ1) is 20.1. The van der Waals surface area contributed by atoms with Crippen LogP contribution in [0.15, 0.2) is 23.1 Å². The van der Waals surface area contributed by atoms with Gasteiger partial charge in [-0.3, -0.25) is 9.59 Å². The molecule has 3 aromatic rings. The summed E-state index contributed by atoms with van der Waals surface area (Å²) in [6.45, 7) is 2.23. The lowest BCUT2D eigenvalue weighted by molar-refractivity contribution is -0.116. The lowest BCUT2D eigenvalue weighted by Gasteiger charge is -2.09. The molecule has 1 heterocycles. The number of anilines is 2. The van der Waals surface area contributed by atoms with E-state index in [2.05, 4.69) is 30.2 Å². The highest BCUT2D eigenvalue weighted by atomic mass is 32.1. The Hall–Kier alpha value is -2.79. The van der Waals surface area contributed by atoms with E-state index in [1.54, 1.807) is 12.1 Å². The van der Waals surface area contributed by atoms with Crippen molar-refractivity contribution in [1.29, 1.82) is 0 Å². The molecule has 0 radical (unpaired) electrons. The van der Waals surface area contributed by atoms with Crippen molar-refractivity contribution < 1.29 is 32.3 Å². The first kappa shape index (κ1) is 33.7. The summed E-state index contributed by atoms with van der Waals surface area (Å²) in [5, 5.41) is 15.5. The second kappa shape index (κ2) is 16.7. The van der Waals surface area contributed by atoms with Crippen molar-refractivity contribution in [3.05, 3.63) is 47.0 Å². The van der Waals surface area contributed by atoms with Crippen LogP contribution < -0.4 is 10.6 Å². The predicted octanol–water partition coefficient (Wildman–Crippen LogP) is 10.1. The first-order valence-electron chi connectivity index (χ1n) is 14.6. The molecule has 230 valence electrons. The molecule has 3 rings (SSSR count). The van der Waals surface area contributed by atoms with E-state index in [0.717, 1.165) is 30.6 Å². The number of nitrogens with one attached hydrogen (secondary N) is 2. The normalized spacial score (nSPS) is 11.3. The fraction of sp³-hybridized carbons (Fsp3) is 0.484. The van der Waals surface area contributed by atoms with Crippen LogP contribution in [0.2, 0.25) is 0 Å². The van der Waals surface area contributed by atoms with E-state index in [9.17, 15) is 32.3 Å². The maximum Gasteiger partial charge on any atom is 0.262 e. The molecular weight excluding hydrogens is 588 g/mol. The minimum Gasteiger partial charge on any atom is -0.504 e. The van der Waals surface area contributed by atoms with Crippen LogP contribution in [0.3, 0.4) is 0 Å². The third kappa shape index (κ3) is 9.10. The van der Waals surface area contributed by atoms with Gasteiger partial charge in [0.1, 0.15) is 10.6 Å². The standard InChI is InChI=1S/C31H38F4N2O3S2/c1-2-3-4-5-6-7-8-9-10-11-12-13-14-15-22(38)36-19-16-17-20-21(18-19)42-31(28(20)39)37-30(40)23-24(32)26(34)29(41)27(35)25(23)33/h16-18,39,41H,2-15H2,1H3,(H,36,38)(H,37,40). The van der Waals surface area contributed by atoms with Crippen LogP contribution in [0, 0.1) is 23.3 Å². The van der Waals surface area contributed by atoms with E-state index < -0.39 is 39.6 Å². The molecule has 1 aromatic heterocycles. The molecule has 0 aliphatic rings. The van der Waals surface area contributed by atoms with Gasteiger partial charge in [-0.2, -0.15) is 0 Å². The van der Waals surface area contributed by atoms with Gasteiger partial charge in [0.2, 0.25) is 5.91 Å². The van der Waals surface area contributed by atoms with E-state index in [1.165, 1.54) is 70.3 Å². The summed E-state index contributed by atoms with van der Waals surface area (Å²) < 4.78 is 56.5. The van der Waals surface area contributed by atoms with E-state index in [0.29, 0.717) is 22.2 Å². The van der Waals surface area contributed by atoms with Crippen LogP contribution in [0.4, 0.5) is 28.3 Å². The number of hydrogen-bond acceptors (Lipinski definition) is 5. The maximum absolute atomic E-state index is 14.2. The van der Waals surface area contributed by atoms with Gasteiger partial charge in [0.25, 0.3) is 5.91 Å². The Bertz CT molecular complexity index is 1350. The Balaban J connectivity index is 1.44. The van der Waals surface area contributed by atoms with Gasteiger partial charge in [-0.1, -0.05) is 84.0 Å². The third-order valence-corrected chi connectivity index (χ3v) is 8.60. The molecule has 3 N–H and O–H groups in total.